The van der Waals surface area contributed by atoms with E-state index in [0.29, 0.717) is 17.9 Å². The molecule has 3 aromatic rings. The van der Waals surface area contributed by atoms with Gasteiger partial charge in [-0.3, -0.25) is 4.79 Å². The largest absolute Gasteiger partial charge is 0.497 e. The molecule has 0 unspecified atom stereocenters. The normalized spacial score (nSPS) is 19.7. The molecule has 2 aliphatic rings. The van der Waals surface area contributed by atoms with E-state index < -0.39 is 24.2 Å². The Bertz CT molecular complexity index is 1230. The molecule has 1 amide bonds. The summed E-state index contributed by atoms with van der Waals surface area (Å²) >= 11 is 6.52. The zero-order valence-corrected chi connectivity index (χ0v) is 19.0. The third kappa shape index (κ3) is 3.87. The molecule has 1 aromatic heterocycles. The maximum atomic E-state index is 14.1. The van der Waals surface area contributed by atoms with Crippen molar-refractivity contribution >= 4 is 29.0 Å². The van der Waals surface area contributed by atoms with E-state index in [0.717, 1.165) is 28.8 Å². The van der Waals surface area contributed by atoms with E-state index in [-0.39, 0.29) is 23.0 Å². The van der Waals surface area contributed by atoms with Crippen LogP contribution in [0.15, 0.2) is 48.5 Å². The molecule has 0 saturated heterocycles. The van der Waals surface area contributed by atoms with Crippen molar-refractivity contribution in [2.24, 2.45) is 0 Å². The average molecular weight is 491 g/mol. The lowest BCUT2D eigenvalue weighted by Gasteiger charge is -2.33. The van der Waals surface area contributed by atoms with E-state index >= 15 is 0 Å². The lowest BCUT2D eigenvalue weighted by molar-refractivity contribution is -0.173. The second-order valence-electron chi connectivity index (χ2n) is 8.41. The number of aryl methyl sites for hydroxylation is 1. The highest BCUT2D eigenvalue weighted by Crippen LogP contribution is 2.46. The quantitative estimate of drug-likeness (QED) is 0.504. The fraction of sp³-hybridized carbons (Fsp3) is 0.333. The van der Waals surface area contributed by atoms with Crippen molar-refractivity contribution < 1.29 is 22.7 Å². The van der Waals surface area contributed by atoms with Gasteiger partial charge in [-0.25, -0.2) is 4.68 Å². The van der Waals surface area contributed by atoms with Crippen LogP contribution in [0.1, 0.15) is 46.5 Å². The first kappa shape index (κ1) is 22.6. The summed E-state index contributed by atoms with van der Waals surface area (Å²) in [4.78, 5) is 15.0. The van der Waals surface area contributed by atoms with E-state index in [4.69, 9.17) is 16.3 Å². The highest BCUT2D eigenvalue weighted by Gasteiger charge is 2.48. The molecule has 10 heteroatoms. The number of amides is 1. The molecule has 1 N–H and O–H groups in total. The Morgan fingerprint density at radius 3 is 2.62 bits per heavy atom. The van der Waals surface area contributed by atoms with Crippen molar-refractivity contribution in [2.75, 3.05) is 23.9 Å². The van der Waals surface area contributed by atoms with Crippen molar-refractivity contribution in [3.8, 4) is 5.75 Å². The van der Waals surface area contributed by atoms with Gasteiger partial charge in [0.25, 0.3) is 5.91 Å². The predicted molar refractivity (Wildman–Crippen MR) is 123 cm³/mol. The molecule has 34 heavy (non-hydrogen) atoms. The summed E-state index contributed by atoms with van der Waals surface area (Å²) in [7, 11) is 1.52. The number of nitrogens with zero attached hydrogens (tertiary/aromatic N) is 3. The summed E-state index contributed by atoms with van der Waals surface area (Å²) in [6.07, 6.45) is -3.29. The molecule has 0 aliphatic carbocycles. The van der Waals surface area contributed by atoms with Gasteiger partial charge in [-0.1, -0.05) is 41.9 Å². The number of rotatable bonds is 3. The van der Waals surface area contributed by atoms with Crippen molar-refractivity contribution in [3.63, 3.8) is 0 Å². The van der Waals surface area contributed by atoms with Gasteiger partial charge in [-0.2, -0.15) is 18.3 Å². The summed E-state index contributed by atoms with van der Waals surface area (Å²) in [6.45, 7) is 0.443. The van der Waals surface area contributed by atoms with Crippen molar-refractivity contribution in [3.05, 3.63) is 70.4 Å². The summed E-state index contributed by atoms with van der Waals surface area (Å²) in [5, 5.41) is 7.06. The number of benzene rings is 2. The van der Waals surface area contributed by atoms with Gasteiger partial charge in [0.15, 0.2) is 11.7 Å². The summed E-state index contributed by atoms with van der Waals surface area (Å²) < 4.78 is 48.2. The maximum Gasteiger partial charge on any atom is 0.410 e. The minimum atomic E-state index is -4.57. The van der Waals surface area contributed by atoms with Crippen LogP contribution in [0.25, 0.3) is 0 Å². The first-order valence-electron chi connectivity index (χ1n) is 10.9. The lowest BCUT2D eigenvalue weighted by Crippen LogP contribution is -2.37. The second kappa shape index (κ2) is 8.54. The molecule has 0 radical (unpaired) electrons. The van der Waals surface area contributed by atoms with Gasteiger partial charge in [0.05, 0.1) is 13.2 Å². The first-order chi connectivity index (χ1) is 16.3. The molecular formula is C24H22ClF3N4O2. The van der Waals surface area contributed by atoms with Crippen molar-refractivity contribution in [2.45, 2.75) is 37.5 Å². The molecule has 2 atom stereocenters. The number of carbonyl (C=O) groups excluding carboxylic acids is 1. The summed E-state index contributed by atoms with van der Waals surface area (Å²) in [6, 6.07) is 11.7. The van der Waals surface area contributed by atoms with Crippen LogP contribution < -0.4 is 15.0 Å². The number of anilines is 2. The fourth-order valence-electron chi connectivity index (χ4n) is 4.65. The standard InChI is InChI=1S/C24H22ClF3N4O2/c1-34-16-10-8-14(9-11-16)17-13-19(24(26,27)28)32-22(29-17)20(25)21(30-32)23(33)31-12-4-6-15-5-2-3-7-18(15)31/h2-3,5,7-11,17,19,29H,4,6,12-13H2,1H3/t17-,19-/m0/s1. The number of ether oxygens (including phenoxy) is 1. The molecule has 178 valence electrons. The Kier molecular flexibility index (Phi) is 5.67. The van der Waals surface area contributed by atoms with Gasteiger partial charge >= 0.3 is 6.18 Å². The molecule has 6 nitrogen and oxygen atoms in total. The topological polar surface area (TPSA) is 59.4 Å². The number of fused-ring (bicyclic) bond motifs is 2. The summed E-state index contributed by atoms with van der Waals surface area (Å²) in [5.74, 6) is 0.0807. The van der Waals surface area contributed by atoms with Crippen LogP contribution in [0.2, 0.25) is 5.02 Å². The molecular weight excluding hydrogens is 469 g/mol. The van der Waals surface area contributed by atoms with E-state index in [1.807, 2.05) is 24.3 Å². The highest BCUT2D eigenvalue weighted by atomic mass is 35.5. The van der Waals surface area contributed by atoms with Crippen LogP contribution in [-0.4, -0.2) is 35.5 Å². The fourth-order valence-corrected chi connectivity index (χ4v) is 4.91. The Labute approximate surface area is 199 Å². The van der Waals surface area contributed by atoms with E-state index in [2.05, 4.69) is 10.4 Å². The molecule has 5 rings (SSSR count). The minimum absolute atomic E-state index is 0.00953. The van der Waals surface area contributed by atoms with Crippen LogP contribution in [0.4, 0.5) is 24.7 Å². The predicted octanol–water partition coefficient (Wildman–Crippen LogP) is 5.80. The molecule has 0 saturated carbocycles. The van der Waals surface area contributed by atoms with E-state index in [1.54, 1.807) is 29.2 Å². The molecule has 0 bridgehead atoms. The van der Waals surface area contributed by atoms with Crippen LogP contribution >= 0.6 is 11.6 Å². The number of carbonyl (C=O) groups is 1. The van der Waals surface area contributed by atoms with Gasteiger partial charge in [0, 0.05) is 18.7 Å². The SMILES string of the molecule is COc1ccc([C@@H]2C[C@@H](C(F)(F)F)n3nc(C(=O)N4CCCc5ccccc54)c(Cl)c3N2)cc1. The number of methoxy groups -OCH3 is 1. The van der Waals surface area contributed by atoms with Gasteiger partial charge < -0.3 is 15.0 Å². The zero-order chi connectivity index (χ0) is 24.0. The van der Waals surface area contributed by atoms with Gasteiger partial charge in [-0.15, -0.1) is 0 Å². The number of halogens is 4. The average Bonchev–Trinajstić information content (AvgIpc) is 3.18. The van der Waals surface area contributed by atoms with Gasteiger partial charge in [-0.05, 0) is 42.2 Å². The Morgan fingerprint density at radius 2 is 1.91 bits per heavy atom. The summed E-state index contributed by atoms with van der Waals surface area (Å²) in [5.41, 5.74) is 2.20. The van der Waals surface area contributed by atoms with Crippen molar-refractivity contribution in [1.82, 2.24) is 9.78 Å². The Balaban J connectivity index is 1.53. The first-order valence-corrected chi connectivity index (χ1v) is 11.3. The van der Waals surface area contributed by atoms with Crippen molar-refractivity contribution in [1.29, 1.82) is 0 Å². The number of hydrogen-bond acceptors (Lipinski definition) is 4. The van der Waals surface area contributed by atoms with Gasteiger partial charge in [0.1, 0.15) is 16.6 Å². The number of nitrogens with one attached hydrogen (secondary N) is 1. The van der Waals surface area contributed by atoms with E-state index in [1.165, 1.54) is 7.11 Å². The third-order valence-electron chi connectivity index (χ3n) is 6.37. The monoisotopic (exact) mass is 490 g/mol. The number of aromatic nitrogens is 2. The number of hydrogen-bond donors (Lipinski definition) is 1. The number of para-hydroxylation sites is 1. The Morgan fingerprint density at radius 1 is 1.18 bits per heavy atom. The third-order valence-corrected chi connectivity index (χ3v) is 6.73. The van der Waals surface area contributed by atoms with Crippen LogP contribution in [0, 0.1) is 0 Å². The van der Waals surface area contributed by atoms with Crippen LogP contribution in [0.5, 0.6) is 5.75 Å². The maximum absolute atomic E-state index is 14.1. The smallest absolute Gasteiger partial charge is 0.410 e. The molecule has 3 heterocycles. The minimum Gasteiger partial charge on any atom is -0.497 e. The molecule has 2 aliphatic heterocycles. The lowest BCUT2D eigenvalue weighted by atomic mass is 9.97. The van der Waals surface area contributed by atoms with Crippen LogP contribution in [-0.2, 0) is 6.42 Å². The second-order valence-corrected chi connectivity index (χ2v) is 8.79. The molecule has 0 spiro atoms. The van der Waals surface area contributed by atoms with Crippen LogP contribution in [0.3, 0.4) is 0 Å². The Hall–Kier alpha value is -3.20. The molecule has 2 aromatic carbocycles. The molecule has 0 fully saturated rings. The number of alkyl halides is 3. The highest BCUT2D eigenvalue weighted by molar-refractivity contribution is 6.36. The zero-order valence-electron chi connectivity index (χ0n) is 18.3. The van der Waals surface area contributed by atoms with Gasteiger partial charge in [0.2, 0.25) is 0 Å². The van der Waals surface area contributed by atoms with E-state index in [9.17, 15) is 18.0 Å².